The molecule has 0 radical (unpaired) electrons. The van der Waals surface area contributed by atoms with Gasteiger partial charge in [0.1, 0.15) is 17.2 Å². The molecule has 0 aliphatic rings. The van der Waals surface area contributed by atoms with E-state index in [1.165, 1.54) is 19.1 Å². The molecular formula is C21H19ClN2O4. The zero-order valence-corrected chi connectivity index (χ0v) is 16.4. The Morgan fingerprint density at radius 3 is 2.32 bits per heavy atom. The monoisotopic (exact) mass is 398 g/mol. The van der Waals surface area contributed by atoms with Crippen molar-refractivity contribution in [2.24, 2.45) is 0 Å². The lowest BCUT2D eigenvalue weighted by Crippen LogP contribution is -2.29. The number of benzene rings is 2. The number of nitrogens with zero attached hydrogens (tertiary/aromatic N) is 2. The van der Waals surface area contributed by atoms with Crippen LogP contribution in [0.1, 0.15) is 0 Å². The lowest BCUT2D eigenvalue weighted by Gasteiger charge is -2.20. The molecular weight excluding hydrogens is 380 g/mol. The Morgan fingerprint density at radius 2 is 1.71 bits per heavy atom. The number of ether oxygens (including phenoxy) is 3. The number of pyridine rings is 1. The molecule has 28 heavy (non-hydrogen) atoms. The molecule has 0 saturated heterocycles. The van der Waals surface area contributed by atoms with E-state index in [2.05, 4.69) is 4.98 Å². The van der Waals surface area contributed by atoms with Crippen molar-refractivity contribution >= 4 is 23.4 Å². The highest BCUT2D eigenvalue weighted by Crippen LogP contribution is 2.38. The molecule has 0 N–H and O–H groups in total. The van der Waals surface area contributed by atoms with Gasteiger partial charge in [-0.05, 0) is 35.4 Å². The van der Waals surface area contributed by atoms with Crippen LogP contribution in [0.15, 0.2) is 60.9 Å². The quantitative estimate of drug-likeness (QED) is 0.601. The van der Waals surface area contributed by atoms with E-state index in [1.807, 2.05) is 24.3 Å². The predicted molar refractivity (Wildman–Crippen MR) is 109 cm³/mol. The van der Waals surface area contributed by atoms with Crippen molar-refractivity contribution in [3.05, 3.63) is 65.9 Å². The van der Waals surface area contributed by atoms with Gasteiger partial charge in [-0.2, -0.15) is 0 Å². The summed E-state index contributed by atoms with van der Waals surface area (Å²) in [5.41, 5.74) is 2.42. The van der Waals surface area contributed by atoms with Gasteiger partial charge in [0.15, 0.2) is 0 Å². The van der Waals surface area contributed by atoms with E-state index in [0.717, 1.165) is 11.1 Å². The van der Waals surface area contributed by atoms with E-state index in [-0.39, 0.29) is 0 Å². The Bertz CT molecular complexity index is 962. The fourth-order valence-corrected chi connectivity index (χ4v) is 2.86. The van der Waals surface area contributed by atoms with E-state index in [4.69, 9.17) is 25.8 Å². The van der Waals surface area contributed by atoms with Gasteiger partial charge in [-0.3, -0.25) is 9.88 Å². The number of hydrogen-bond acceptors (Lipinski definition) is 5. The van der Waals surface area contributed by atoms with Crippen LogP contribution < -0.4 is 19.1 Å². The molecule has 0 aliphatic carbocycles. The largest absolute Gasteiger partial charge is 0.495 e. The average Bonchev–Trinajstić information content (AvgIpc) is 2.74. The molecule has 0 spiro atoms. The van der Waals surface area contributed by atoms with E-state index in [9.17, 15) is 4.79 Å². The summed E-state index contributed by atoms with van der Waals surface area (Å²) < 4.78 is 16.0. The molecule has 2 aromatic carbocycles. The van der Waals surface area contributed by atoms with Crippen molar-refractivity contribution in [2.75, 3.05) is 26.2 Å². The minimum atomic E-state index is -0.575. The molecule has 1 heterocycles. The molecule has 0 bridgehead atoms. The number of amides is 1. The smallest absolute Gasteiger partial charge is 0.419 e. The zero-order chi connectivity index (χ0) is 20.1. The Balaban J connectivity index is 1.77. The van der Waals surface area contributed by atoms with E-state index in [0.29, 0.717) is 28.0 Å². The van der Waals surface area contributed by atoms with Gasteiger partial charge in [-0.15, -0.1) is 0 Å². The molecule has 1 aromatic heterocycles. The van der Waals surface area contributed by atoms with Crippen LogP contribution in [0.2, 0.25) is 5.02 Å². The van der Waals surface area contributed by atoms with Crippen molar-refractivity contribution in [1.82, 2.24) is 4.98 Å². The third kappa shape index (κ3) is 4.18. The molecule has 0 saturated carbocycles. The van der Waals surface area contributed by atoms with Gasteiger partial charge >= 0.3 is 6.09 Å². The van der Waals surface area contributed by atoms with E-state index in [1.54, 1.807) is 43.7 Å². The maximum absolute atomic E-state index is 12.6. The number of anilines is 1. The molecule has 7 heteroatoms. The first kappa shape index (κ1) is 19.5. The summed E-state index contributed by atoms with van der Waals surface area (Å²) in [6, 6.07) is 14.2. The highest BCUT2D eigenvalue weighted by Gasteiger charge is 2.20. The molecule has 0 atom stereocenters. The normalized spacial score (nSPS) is 10.3. The molecule has 3 aromatic rings. The molecule has 3 rings (SSSR count). The fourth-order valence-electron chi connectivity index (χ4n) is 2.62. The van der Waals surface area contributed by atoms with Crippen LogP contribution in [0.4, 0.5) is 10.5 Å². The summed E-state index contributed by atoms with van der Waals surface area (Å²) in [6.07, 6.45) is 2.91. The van der Waals surface area contributed by atoms with Gasteiger partial charge in [0.05, 0.1) is 24.9 Å². The Kier molecular flexibility index (Phi) is 6.01. The Morgan fingerprint density at radius 1 is 1.00 bits per heavy atom. The van der Waals surface area contributed by atoms with Crippen LogP contribution in [0, 0.1) is 0 Å². The molecule has 144 valence electrons. The zero-order valence-electron chi connectivity index (χ0n) is 15.7. The first-order chi connectivity index (χ1) is 13.5. The standard InChI is InChI=1S/C21H19ClN2O4/c1-24(18-11-17(22)19(26-2)12-20(18)27-3)21(25)28-16-8-6-14(7-9-16)15-5-4-10-23-13-15/h4-13H,1-3H3. The summed E-state index contributed by atoms with van der Waals surface area (Å²) >= 11 is 6.18. The van der Waals surface area contributed by atoms with Gasteiger partial charge in [0, 0.05) is 25.5 Å². The van der Waals surface area contributed by atoms with Crippen LogP contribution >= 0.6 is 11.6 Å². The second-order valence-corrected chi connectivity index (χ2v) is 6.26. The third-order valence-electron chi connectivity index (χ3n) is 4.14. The van der Waals surface area contributed by atoms with Gasteiger partial charge < -0.3 is 14.2 Å². The Labute approximate surface area is 168 Å². The van der Waals surface area contributed by atoms with Gasteiger partial charge in [0.25, 0.3) is 0 Å². The van der Waals surface area contributed by atoms with Gasteiger partial charge in [0.2, 0.25) is 0 Å². The van der Waals surface area contributed by atoms with Crippen LogP contribution in [0.3, 0.4) is 0 Å². The van der Waals surface area contributed by atoms with Crippen molar-refractivity contribution in [3.8, 4) is 28.4 Å². The highest BCUT2D eigenvalue weighted by atomic mass is 35.5. The second kappa shape index (κ2) is 8.63. The summed E-state index contributed by atoms with van der Waals surface area (Å²) in [7, 11) is 4.59. The van der Waals surface area contributed by atoms with Gasteiger partial charge in [-0.25, -0.2) is 4.79 Å². The number of carbonyl (C=O) groups is 1. The second-order valence-electron chi connectivity index (χ2n) is 5.85. The van der Waals surface area contributed by atoms with Crippen LogP contribution in [0.25, 0.3) is 11.1 Å². The predicted octanol–water partition coefficient (Wildman–Crippen LogP) is 5.05. The lowest BCUT2D eigenvalue weighted by molar-refractivity contribution is 0.209. The molecule has 0 fully saturated rings. The van der Waals surface area contributed by atoms with Crippen molar-refractivity contribution in [3.63, 3.8) is 0 Å². The maximum Gasteiger partial charge on any atom is 0.419 e. The van der Waals surface area contributed by atoms with Crippen LogP contribution in [-0.2, 0) is 0 Å². The third-order valence-corrected chi connectivity index (χ3v) is 4.44. The fraction of sp³-hybridized carbons (Fsp3) is 0.143. The van der Waals surface area contributed by atoms with Crippen LogP contribution in [0.5, 0.6) is 17.2 Å². The molecule has 0 unspecified atom stereocenters. The number of rotatable bonds is 5. The lowest BCUT2D eigenvalue weighted by atomic mass is 10.1. The van der Waals surface area contributed by atoms with E-state index >= 15 is 0 Å². The summed E-state index contributed by atoms with van der Waals surface area (Å²) in [4.78, 5) is 18.0. The number of hydrogen-bond donors (Lipinski definition) is 0. The summed E-state index contributed by atoms with van der Waals surface area (Å²) in [5.74, 6) is 1.31. The number of aromatic nitrogens is 1. The molecule has 6 nitrogen and oxygen atoms in total. The first-order valence-corrected chi connectivity index (χ1v) is 8.78. The van der Waals surface area contributed by atoms with Gasteiger partial charge in [-0.1, -0.05) is 29.8 Å². The van der Waals surface area contributed by atoms with Crippen LogP contribution in [-0.4, -0.2) is 32.3 Å². The minimum Gasteiger partial charge on any atom is -0.495 e. The number of methoxy groups -OCH3 is 2. The van der Waals surface area contributed by atoms with Crippen molar-refractivity contribution < 1.29 is 19.0 Å². The number of carbonyl (C=O) groups excluding carboxylic acids is 1. The van der Waals surface area contributed by atoms with E-state index < -0.39 is 6.09 Å². The average molecular weight is 399 g/mol. The summed E-state index contributed by atoms with van der Waals surface area (Å²) in [6.45, 7) is 0. The number of halogens is 1. The maximum atomic E-state index is 12.6. The van der Waals surface area contributed by atoms with Crippen molar-refractivity contribution in [1.29, 1.82) is 0 Å². The summed E-state index contributed by atoms with van der Waals surface area (Å²) in [5, 5.41) is 0.360. The van der Waals surface area contributed by atoms with Crippen molar-refractivity contribution in [2.45, 2.75) is 0 Å². The molecule has 0 aliphatic heterocycles. The first-order valence-electron chi connectivity index (χ1n) is 8.41. The SMILES string of the molecule is COc1cc(OC)c(N(C)C(=O)Oc2ccc(-c3cccnc3)cc2)cc1Cl. The minimum absolute atomic E-state index is 0.360. The Hall–Kier alpha value is -3.25. The molecule has 1 amide bonds. The highest BCUT2D eigenvalue weighted by molar-refractivity contribution is 6.32. The topological polar surface area (TPSA) is 60.9 Å².